The number of para-hydroxylation sites is 1. The number of hydrogen-bond donors (Lipinski definition) is 2. The lowest BCUT2D eigenvalue weighted by Gasteiger charge is -2.04. The van der Waals surface area contributed by atoms with Crippen molar-refractivity contribution in [2.75, 3.05) is 0 Å². The Morgan fingerprint density at radius 2 is 1.95 bits per heavy atom. The van der Waals surface area contributed by atoms with Crippen molar-refractivity contribution in [1.82, 2.24) is 20.0 Å². The topological polar surface area (TPSA) is 83.8 Å². The molecule has 0 aliphatic heterocycles. The van der Waals surface area contributed by atoms with Crippen molar-refractivity contribution >= 4 is 21.9 Å². The monoisotopic (exact) mass is 360 g/mol. The van der Waals surface area contributed by atoms with E-state index in [9.17, 15) is 4.79 Å². The first-order valence-corrected chi connectivity index (χ1v) is 7.39. The number of aryl methyl sites for hydroxylation is 1. The summed E-state index contributed by atoms with van der Waals surface area (Å²) >= 11 is 3.31. The fourth-order valence-corrected chi connectivity index (χ4v) is 2.99. The van der Waals surface area contributed by atoms with E-state index in [2.05, 4.69) is 31.2 Å². The van der Waals surface area contributed by atoms with E-state index in [4.69, 9.17) is 5.11 Å². The summed E-state index contributed by atoms with van der Waals surface area (Å²) in [6.07, 6.45) is 0. The number of aromatic amines is 1. The fourth-order valence-electron chi connectivity index (χ4n) is 2.44. The number of hydrogen-bond acceptors (Lipinski definition) is 3. The Labute approximate surface area is 134 Å². The molecule has 0 atom stereocenters. The SMILES string of the molecule is Cc1nn(-c2ccccc2)c(C)c1-c1n[nH]c(C(=O)O)c1Br. The second kappa shape index (κ2) is 5.42. The lowest BCUT2D eigenvalue weighted by atomic mass is 10.1. The van der Waals surface area contributed by atoms with Gasteiger partial charge in [0.15, 0.2) is 5.69 Å². The maximum Gasteiger partial charge on any atom is 0.355 e. The molecule has 0 radical (unpaired) electrons. The van der Waals surface area contributed by atoms with Gasteiger partial charge in [0, 0.05) is 5.56 Å². The van der Waals surface area contributed by atoms with Crippen LogP contribution in [0.25, 0.3) is 16.9 Å². The molecule has 0 spiro atoms. The molecule has 0 amide bonds. The van der Waals surface area contributed by atoms with Gasteiger partial charge in [-0.2, -0.15) is 10.2 Å². The number of H-pyrrole nitrogens is 1. The standard InChI is InChI=1S/C15H13BrN4O2/c1-8-11(13-12(16)14(15(21)22)18-17-13)9(2)20(19-8)10-6-4-3-5-7-10/h3-7H,1-2H3,(H,17,18)(H,21,22). The van der Waals surface area contributed by atoms with Gasteiger partial charge >= 0.3 is 5.97 Å². The van der Waals surface area contributed by atoms with E-state index < -0.39 is 5.97 Å². The van der Waals surface area contributed by atoms with Gasteiger partial charge in [0.05, 0.1) is 21.5 Å². The maximum atomic E-state index is 11.1. The van der Waals surface area contributed by atoms with Gasteiger partial charge in [-0.1, -0.05) is 18.2 Å². The second-order valence-corrected chi connectivity index (χ2v) is 5.65. The molecule has 6 nitrogen and oxygen atoms in total. The number of aromatic carboxylic acids is 1. The molecular formula is C15H13BrN4O2. The Kier molecular flexibility index (Phi) is 3.58. The number of aromatic nitrogens is 4. The number of carboxylic acids is 1. The molecule has 0 aliphatic rings. The van der Waals surface area contributed by atoms with E-state index in [-0.39, 0.29) is 5.69 Å². The Hall–Kier alpha value is -2.41. The van der Waals surface area contributed by atoms with Gasteiger partial charge in [-0.25, -0.2) is 9.48 Å². The Bertz CT molecular complexity index is 852. The minimum atomic E-state index is -1.06. The molecule has 3 aromatic rings. The molecule has 0 fully saturated rings. The largest absolute Gasteiger partial charge is 0.476 e. The van der Waals surface area contributed by atoms with E-state index in [1.807, 2.05) is 48.9 Å². The third-order valence-electron chi connectivity index (χ3n) is 3.45. The van der Waals surface area contributed by atoms with Crippen LogP contribution in [0.1, 0.15) is 21.9 Å². The predicted octanol–water partition coefficient (Wildman–Crippen LogP) is 3.34. The third-order valence-corrected chi connectivity index (χ3v) is 4.22. The average molecular weight is 361 g/mol. The van der Waals surface area contributed by atoms with E-state index in [1.54, 1.807) is 0 Å². The molecule has 0 saturated carbocycles. The zero-order valence-electron chi connectivity index (χ0n) is 12.0. The van der Waals surface area contributed by atoms with Gasteiger partial charge in [-0.15, -0.1) is 0 Å². The number of benzene rings is 1. The van der Waals surface area contributed by atoms with Crippen LogP contribution in [-0.2, 0) is 0 Å². The summed E-state index contributed by atoms with van der Waals surface area (Å²) < 4.78 is 2.26. The highest BCUT2D eigenvalue weighted by Crippen LogP contribution is 2.34. The smallest absolute Gasteiger partial charge is 0.355 e. The zero-order chi connectivity index (χ0) is 15.9. The van der Waals surface area contributed by atoms with Gasteiger partial charge in [0.2, 0.25) is 0 Å². The van der Waals surface area contributed by atoms with Crippen molar-refractivity contribution in [1.29, 1.82) is 0 Å². The van der Waals surface area contributed by atoms with Crippen LogP contribution in [0, 0.1) is 13.8 Å². The number of carboxylic acid groups (broad SMARTS) is 1. The lowest BCUT2D eigenvalue weighted by Crippen LogP contribution is -1.98. The maximum absolute atomic E-state index is 11.1. The summed E-state index contributed by atoms with van der Waals surface area (Å²) in [6.45, 7) is 3.81. The average Bonchev–Trinajstić information content (AvgIpc) is 3.00. The molecule has 112 valence electrons. The van der Waals surface area contributed by atoms with E-state index >= 15 is 0 Å². The van der Waals surface area contributed by atoms with Gasteiger partial charge in [0.1, 0.15) is 5.69 Å². The minimum Gasteiger partial charge on any atom is -0.476 e. The summed E-state index contributed by atoms with van der Waals surface area (Å²) in [6, 6.07) is 9.76. The molecule has 7 heteroatoms. The number of nitrogens with one attached hydrogen (secondary N) is 1. The molecule has 2 heterocycles. The fraction of sp³-hybridized carbons (Fsp3) is 0.133. The highest BCUT2D eigenvalue weighted by atomic mass is 79.9. The van der Waals surface area contributed by atoms with Crippen LogP contribution in [0.3, 0.4) is 0 Å². The zero-order valence-corrected chi connectivity index (χ0v) is 13.5. The molecule has 2 N–H and O–H groups in total. The number of halogens is 1. The first kappa shape index (κ1) is 14.5. The molecule has 0 saturated heterocycles. The van der Waals surface area contributed by atoms with Crippen LogP contribution in [0.15, 0.2) is 34.8 Å². The Balaban J connectivity index is 2.18. The summed E-state index contributed by atoms with van der Waals surface area (Å²) in [5.41, 5.74) is 4.02. The minimum absolute atomic E-state index is 0.0289. The summed E-state index contributed by atoms with van der Waals surface area (Å²) in [4.78, 5) is 11.1. The van der Waals surface area contributed by atoms with Crippen molar-refractivity contribution in [3.8, 4) is 16.9 Å². The van der Waals surface area contributed by atoms with Gasteiger partial charge < -0.3 is 5.11 Å². The van der Waals surface area contributed by atoms with Crippen LogP contribution in [-0.4, -0.2) is 31.1 Å². The van der Waals surface area contributed by atoms with Crippen LogP contribution < -0.4 is 0 Å². The predicted molar refractivity (Wildman–Crippen MR) is 85.3 cm³/mol. The molecule has 22 heavy (non-hydrogen) atoms. The van der Waals surface area contributed by atoms with Crippen molar-refractivity contribution in [3.05, 3.63) is 51.9 Å². The highest BCUT2D eigenvalue weighted by molar-refractivity contribution is 9.10. The number of carbonyl (C=O) groups is 1. The van der Waals surface area contributed by atoms with E-state index in [1.165, 1.54) is 0 Å². The molecule has 0 bridgehead atoms. The third kappa shape index (κ3) is 2.23. The van der Waals surface area contributed by atoms with Crippen molar-refractivity contribution in [3.63, 3.8) is 0 Å². The number of rotatable bonds is 3. The molecule has 2 aromatic heterocycles. The van der Waals surface area contributed by atoms with E-state index in [0.717, 1.165) is 22.6 Å². The highest BCUT2D eigenvalue weighted by Gasteiger charge is 2.23. The van der Waals surface area contributed by atoms with Gasteiger partial charge in [-0.05, 0) is 41.9 Å². The first-order valence-electron chi connectivity index (χ1n) is 6.60. The normalized spacial score (nSPS) is 10.9. The van der Waals surface area contributed by atoms with Crippen molar-refractivity contribution in [2.24, 2.45) is 0 Å². The van der Waals surface area contributed by atoms with Crippen LogP contribution in [0.2, 0.25) is 0 Å². The molecule has 0 unspecified atom stereocenters. The lowest BCUT2D eigenvalue weighted by molar-refractivity contribution is 0.0689. The first-order chi connectivity index (χ1) is 10.5. The second-order valence-electron chi connectivity index (χ2n) is 4.86. The number of nitrogens with zero attached hydrogens (tertiary/aromatic N) is 3. The summed E-state index contributed by atoms with van der Waals surface area (Å²) in [5.74, 6) is -1.06. The molecular weight excluding hydrogens is 348 g/mol. The van der Waals surface area contributed by atoms with Crippen LogP contribution in [0.4, 0.5) is 0 Å². The van der Waals surface area contributed by atoms with Crippen LogP contribution >= 0.6 is 15.9 Å². The molecule has 1 aromatic carbocycles. The van der Waals surface area contributed by atoms with Crippen molar-refractivity contribution in [2.45, 2.75) is 13.8 Å². The quantitative estimate of drug-likeness (QED) is 0.750. The Morgan fingerprint density at radius 1 is 1.27 bits per heavy atom. The summed E-state index contributed by atoms with van der Waals surface area (Å²) in [5, 5.41) is 20.3. The van der Waals surface area contributed by atoms with E-state index in [0.29, 0.717) is 10.2 Å². The Morgan fingerprint density at radius 3 is 2.55 bits per heavy atom. The summed E-state index contributed by atoms with van der Waals surface area (Å²) in [7, 11) is 0. The molecule has 0 aliphatic carbocycles. The van der Waals surface area contributed by atoms with Crippen LogP contribution in [0.5, 0.6) is 0 Å². The van der Waals surface area contributed by atoms with Crippen molar-refractivity contribution < 1.29 is 9.90 Å². The van der Waals surface area contributed by atoms with Gasteiger partial charge in [0.25, 0.3) is 0 Å². The molecule has 3 rings (SSSR count). The van der Waals surface area contributed by atoms with Gasteiger partial charge in [-0.3, -0.25) is 5.10 Å².